The predicted molar refractivity (Wildman–Crippen MR) is 96.3 cm³/mol. The Kier molecular flexibility index (Phi) is 5.80. The summed E-state index contributed by atoms with van der Waals surface area (Å²) in [5.41, 5.74) is -0.713. The van der Waals surface area contributed by atoms with Crippen LogP contribution in [0, 0.1) is 11.3 Å². The molecule has 2 rings (SSSR count). The Morgan fingerprint density at radius 2 is 1.92 bits per heavy atom. The number of hydrogen-bond acceptors (Lipinski definition) is 6. The number of carbonyl (C=O) groups is 1. The first kappa shape index (κ1) is 19.3. The summed E-state index contributed by atoms with van der Waals surface area (Å²) in [4.78, 5) is 13.3. The van der Waals surface area contributed by atoms with Gasteiger partial charge in [0.25, 0.3) is 0 Å². The molecule has 1 aliphatic heterocycles. The first-order valence-electron chi connectivity index (χ1n) is 7.74. The Balaban J connectivity index is 2.51. The van der Waals surface area contributed by atoms with Gasteiger partial charge in [0.05, 0.1) is 4.90 Å². The van der Waals surface area contributed by atoms with E-state index >= 15 is 0 Å². The Bertz CT molecular complexity index is 818. The second kappa shape index (κ2) is 7.50. The lowest BCUT2D eigenvalue weighted by molar-refractivity contribution is 0.0325. The summed E-state index contributed by atoms with van der Waals surface area (Å²) in [6.07, 6.45) is 0.0445. The van der Waals surface area contributed by atoms with Crippen molar-refractivity contribution in [2.45, 2.75) is 37.7 Å². The molecule has 0 radical (unpaired) electrons. The third-order valence-corrected chi connectivity index (χ3v) is 6.28. The Hall–Kier alpha value is -1.98. The third kappa shape index (κ3) is 4.55. The SMILES string of the molecule is CC(C)(C)OC(=O)N1CCCS/C1=C(\C#N)S(=O)(=O)c1ccccc1. The summed E-state index contributed by atoms with van der Waals surface area (Å²) in [7, 11) is -4.01. The fourth-order valence-electron chi connectivity index (χ4n) is 2.19. The number of carbonyl (C=O) groups excluding carboxylic acids is 1. The summed E-state index contributed by atoms with van der Waals surface area (Å²) >= 11 is 1.18. The fraction of sp³-hybridized carbons (Fsp3) is 0.412. The average molecular weight is 380 g/mol. The lowest BCUT2D eigenvalue weighted by Gasteiger charge is -2.31. The van der Waals surface area contributed by atoms with Crippen LogP contribution in [0.1, 0.15) is 27.2 Å². The van der Waals surface area contributed by atoms with Crippen LogP contribution in [0.5, 0.6) is 0 Å². The van der Waals surface area contributed by atoms with E-state index in [2.05, 4.69) is 0 Å². The van der Waals surface area contributed by atoms with Gasteiger partial charge >= 0.3 is 6.09 Å². The first-order valence-corrected chi connectivity index (χ1v) is 10.2. The number of rotatable bonds is 2. The van der Waals surface area contributed by atoms with E-state index in [1.54, 1.807) is 45.0 Å². The van der Waals surface area contributed by atoms with E-state index in [1.807, 2.05) is 0 Å². The number of amides is 1. The van der Waals surface area contributed by atoms with Crippen molar-refractivity contribution >= 4 is 27.7 Å². The summed E-state index contributed by atoms with van der Waals surface area (Å²) in [5, 5.41) is 9.66. The van der Waals surface area contributed by atoms with Gasteiger partial charge in [-0.1, -0.05) is 18.2 Å². The lowest BCUT2D eigenvalue weighted by atomic mass is 10.2. The van der Waals surface area contributed by atoms with Crippen LogP contribution in [0.4, 0.5) is 4.79 Å². The molecule has 0 saturated carbocycles. The molecule has 0 spiro atoms. The maximum Gasteiger partial charge on any atom is 0.415 e. The minimum absolute atomic E-state index is 0.0226. The molecule has 0 unspecified atom stereocenters. The monoisotopic (exact) mass is 380 g/mol. The number of nitriles is 1. The predicted octanol–water partition coefficient (Wildman–Crippen LogP) is 3.53. The number of thioether (sulfide) groups is 1. The molecule has 0 aliphatic carbocycles. The number of nitrogens with zero attached hydrogens (tertiary/aromatic N) is 2. The quantitative estimate of drug-likeness (QED) is 0.730. The van der Waals surface area contributed by atoms with Gasteiger partial charge in [-0.05, 0) is 39.3 Å². The number of allylic oxidation sites excluding steroid dienone is 1. The van der Waals surface area contributed by atoms with Gasteiger partial charge in [0.1, 0.15) is 16.7 Å². The number of ether oxygens (including phenoxy) is 1. The van der Waals surface area contributed by atoms with Crippen molar-refractivity contribution in [1.29, 1.82) is 5.26 Å². The van der Waals surface area contributed by atoms with Gasteiger partial charge in [0.2, 0.25) is 9.84 Å². The maximum absolute atomic E-state index is 12.8. The maximum atomic E-state index is 12.8. The molecule has 1 aromatic carbocycles. The molecule has 0 aromatic heterocycles. The van der Waals surface area contributed by atoms with E-state index in [9.17, 15) is 18.5 Å². The lowest BCUT2D eigenvalue weighted by Crippen LogP contribution is -2.39. The Morgan fingerprint density at radius 1 is 1.28 bits per heavy atom. The van der Waals surface area contributed by atoms with Crippen molar-refractivity contribution in [3.63, 3.8) is 0 Å². The highest BCUT2D eigenvalue weighted by Gasteiger charge is 2.34. The molecule has 0 N–H and O–H groups in total. The van der Waals surface area contributed by atoms with Crippen LogP contribution in [0.2, 0.25) is 0 Å². The second-order valence-corrected chi connectivity index (χ2v) is 9.37. The first-order chi connectivity index (χ1) is 11.7. The number of benzene rings is 1. The van der Waals surface area contributed by atoms with Crippen molar-refractivity contribution in [2.75, 3.05) is 12.3 Å². The average Bonchev–Trinajstić information content (AvgIpc) is 2.55. The minimum Gasteiger partial charge on any atom is -0.443 e. The Labute approximate surface area is 152 Å². The normalized spacial score (nSPS) is 17.6. The molecule has 8 heteroatoms. The van der Waals surface area contributed by atoms with E-state index in [1.165, 1.54) is 28.8 Å². The summed E-state index contributed by atoms with van der Waals surface area (Å²) < 4.78 is 31.0. The van der Waals surface area contributed by atoms with E-state index in [0.717, 1.165) is 0 Å². The van der Waals surface area contributed by atoms with Crippen molar-refractivity contribution < 1.29 is 17.9 Å². The van der Waals surface area contributed by atoms with Gasteiger partial charge in [-0.15, -0.1) is 11.8 Å². The highest BCUT2D eigenvalue weighted by molar-refractivity contribution is 8.04. The van der Waals surface area contributed by atoms with Gasteiger partial charge in [-0.25, -0.2) is 13.2 Å². The van der Waals surface area contributed by atoms with Crippen LogP contribution < -0.4 is 0 Å². The van der Waals surface area contributed by atoms with Crippen LogP contribution in [-0.2, 0) is 14.6 Å². The fourth-order valence-corrected chi connectivity index (χ4v) is 4.87. The van der Waals surface area contributed by atoms with Gasteiger partial charge < -0.3 is 4.74 Å². The van der Waals surface area contributed by atoms with E-state index in [0.29, 0.717) is 18.7 Å². The molecular formula is C17H20N2O4S2. The smallest absolute Gasteiger partial charge is 0.415 e. The molecule has 1 aliphatic rings. The molecular weight excluding hydrogens is 360 g/mol. The summed E-state index contributed by atoms with van der Waals surface area (Å²) in [5.74, 6) is 0.629. The van der Waals surface area contributed by atoms with Crippen molar-refractivity contribution in [1.82, 2.24) is 4.90 Å². The largest absolute Gasteiger partial charge is 0.443 e. The Morgan fingerprint density at radius 3 is 2.48 bits per heavy atom. The van der Waals surface area contributed by atoms with Gasteiger partial charge in [0, 0.05) is 12.3 Å². The molecule has 25 heavy (non-hydrogen) atoms. The topological polar surface area (TPSA) is 87.5 Å². The molecule has 1 fully saturated rings. The van der Waals surface area contributed by atoms with Crippen LogP contribution >= 0.6 is 11.8 Å². The molecule has 1 amide bonds. The van der Waals surface area contributed by atoms with Gasteiger partial charge in [-0.2, -0.15) is 5.26 Å². The van der Waals surface area contributed by atoms with Gasteiger partial charge in [-0.3, -0.25) is 4.90 Å². The molecule has 0 bridgehead atoms. The van der Waals surface area contributed by atoms with Crippen LogP contribution in [0.25, 0.3) is 0 Å². The van der Waals surface area contributed by atoms with Crippen molar-refractivity contribution in [2.24, 2.45) is 0 Å². The molecule has 1 saturated heterocycles. The molecule has 0 atom stereocenters. The summed E-state index contributed by atoms with van der Waals surface area (Å²) in [6, 6.07) is 9.51. The zero-order valence-electron chi connectivity index (χ0n) is 14.4. The molecule has 1 heterocycles. The minimum atomic E-state index is -4.01. The molecule has 6 nitrogen and oxygen atoms in total. The van der Waals surface area contributed by atoms with Crippen LogP contribution in [0.15, 0.2) is 45.2 Å². The molecule has 1 aromatic rings. The molecule has 134 valence electrons. The summed E-state index contributed by atoms with van der Waals surface area (Å²) in [6.45, 7) is 5.51. The van der Waals surface area contributed by atoms with Crippen molar-refractivity contribution in [3.8, 4) is 6.07 Å². The van der Waals surface area contributed by atoms with Crippen LogP contribution in [0.3, 0.4) is 0 Å². The standard InChI is InChI=1S/C17H20N2O4S2/c1-17(2,3)23-16(20)19-10-7-11-24-15(19)14(12-18)25(21,22)13-8-5-4-6-9-13/h4-6,8-9H,7,10-11H2,1-3H3/b15-14+. The van der Waals surface area contributed by atoms with Gasteiger partial charge in [0.15, 0.2) is 4.91 Å². The van der Waals surface area contributed by atoms with E-state index in [-0.39, 0.29) is 9.92 Å². The zero-order valence-corrected chi connectivity index (χ0v) is 16.0. The number of sulfone groups is 1. The zero-order chi connectivity index (χ0) is 18.7. The van der Waals surface area contributed by atoms with E-state index in [4.69, 9.17) is 4.74 Å². The number of hydrogen-bond donors (Lipinski definition) is 0. The second-order valence-electron chi connectivity index (χ2n) is 6.40. The third-order valence-electron chi connectivity index (χ3n) is 3.24. The van der Waals surface area contributed by atoms with Crippen molar-refractivity contribution in [3.05, 3.63) is 40.3 Å². The van der Waals surface area contributed by atoms with E-state index < -0.39 is 26.4 Å². The highest BCUT2D eigenvalue weighted by Crippen LogP contribution is 2.34. The van der Waals surface area contributed by atoms with Crippen LogP contribution in [-0.4, -0.2) is 37.3 Å². The highest BCUT2D eigenvalue weighted by atomic mass is 32.2.